The molecule has 0 atom stereocenters. The average molecular weight is 295 g/mol. The first kappa shape index (κ1) is 14.3. The summed E-state index contributed by atoms with van der Waals surface area (Å²) < 4.78 is 5.35. The van der Waals surface area contributed by atoms with Crippen LogP contribution in [0.15, 0.2) is 36.7 Å². The van der Waals surface area contributed by atoms with Gasteiger partial charge in [0, 0.05) is 19.6 Å². The Hall–Kier alpha value is -2.65. The minimum atomic E-state index is 0.486. The molecule has 0 unspecified atom stereocenters. The van der Waals surface area contributed by atoms with Crippen molar-refractivity contribution in [1.29, 1.82) is 5.26 Å². The average Bonchev–Trinajstić information content (AvgIpc) is 2.61. The molecule has 6 heteroatoms. The van der Waals surface area contributed by atoms with Gasteiger partial charge in [0.25, 0.3) is 0 Å². The number of nitrogens with zero attached hydrogens (tertiary/aromatic N) is 4. The van der Waals surface area contributed by atoms with E-state index < -0.39 is 0 Å². The highest BCUT2D eigenvalue weighted by Crippen LogP contribution is 2.23. The highest BCUT2D eigenvalue weighted by Gasteiger charge is 2.19. The number of nitriles is 1. The van der Waals surface area contributed by atoms with Gasteiger partial charge in [-0.15, -0.1) is 0 Å². The summed E-state index contributed by atoms with van der Waals surface area (Å²) in [6, 6.07) is 12.2. The smallest absolute Gasteiger partial charge is 0.152 e. The number of aromatic nitrogens is 2. The Morgan fingerprint density at radius 2 is 1.95 bits per heavy atom. The van der Waals surface area contributed by atoms with E-state index in [4.69, 9.17) is 4.74 Å². The molecule has 2 aromatic rings. The van der Waals surface area contributed by atoms with Crippen LogP contribution in [0.2, 0.25) is 0 Å². The van der Waals surface area contributed by atoms with Crippen molar-refractivity contribution in [2.24, 2.45) is 0 Å². The van der Waals surface area contributed by atoms with Crippen LogP contribution in [0.3, 0.4) is 0 Å². The van der Waals surface area contributed by atoms with Crippen LogP contribution in [0.25, 0.3) is 0 Å². The van der Waals surface area contributed by atoms with Crippen molar-refractivity contribution >= 4 is 11.6 Å². The summed E-state index contributed by atoms with van der Waals surface area (Å²) in [5.74, 6) is 1.25. The molecule has 1 aliphatic rings. The van der Waals surface area contributed by atoms with Gasteiger partial charge >= 0.3 is 0 Å². The lowest BCUT2D eigenvalue weighted by atomic mass is 10.2. The minimum absolute atomic E-state index is 0.486. The fraction of sp³-hybridized carbons (Fsp3) is 0.312. The summed E-state index contributed by atoms with van der Waals surface area (Å²) in [6.45, 7) is 3.41. The first-order valence-electron chi connectivity index (χ1n) is 7.24. The lowest BCUT2D eigenvalue weighted by Crippen LogP contribution is -2.37. The van der Waals surface area contributed by atoms with Gasteiger partial charge < -0.3 is 15.0 Å². The molecule has 0 saturated carbocycles. The van der Waals surface area contributed by atoms with Crippen LogP contribution in [0, 0.1) is 11.3 Å². The van der Waals surface area contributed by atoms with Gasteiger partial charge in [0.05, 0.1) is 13.2 Å². The van der Waals surface area contributed by atoms with E-state index in [1.165, 1.54) is 6.33 Å². The molecule has 0 bridgehead atoms. The van der Waals surface area contributed by atoms with E-state index in [1.54, 1.807) is 0 Å². The van der Waals surface area contributed by atoms with Crippen LogP contribution in [-0.2, 0) is 11.3 Å². The quantitative estimate of drug-likeness (QED) is 0.927. The van der Waals surface area contributed by atoms with Crippen molar-refractivity contribution in [2.75, 3.05) is 36.5 Å². The highest BCUT2D eigenvalue weighted by molar-refractivity contribution is 5.65. The summed E-state index contributed by atoms with van der Waals surface area (Å²) in [4.78, 5) is 10.6. The molecule has 0 radical (unpaired) electrons. The normalized spacial score (nSPS) is 14.4. The molecule has 3 rings (SSSR count). The van der Waals surface area contributed by atoms with Crippen molar-refractivity contribution in [3.05, 3.63) is 47.8 Å². The van der Waals surface area contributed by atoms with E-state index in [1.807, 2.05) is 30.3 Å². The van der Waals surface area contributed by atoms with Crippen molar-refractivity contribution in [1.82, 2.24) is 9.97 Å². The highest BCUT2D eigenvalue weighted by atomic mass is 16.5. The molecule has 22 heavy (non-hydrogen) atoms. The Morgan fingerprint density at radius 1 is 1.18 bits per heavy atom. The maximum absolute atomic E-state index is 9.50. The van der Waals surface area contributed by atoms with Gasteiger partial charge in [-0.25, -0.2) is 9.97 Å². The Morgan fingerprint density at radius 3 is 2.68 bits per heavy atom. The topological polar surface area (TPSA) is 74.1 Å². The number of rotatable bonds is 4. The molecular weight excluding hydrogens is 278 g/mol. The van der Waals surface area contributed by atoms with Crippen molar-refractivity contribution in [3.63, 3.8) is 0 Å². The first-order valence-corrected chi connectivity index (χ1v) is 7.24. The molecular formula is C16H17N5O. The third-order valence-electron chi connectivity index (χ3n) is 3.55. The number of nitrogens with one attached hydrogen (secondary N) is 1. The van der Waals surface area contributed by atoms with Crippen LogP contribution in [0.4, 0.5) is 11.6 Å². The third-order valence-corrected chi connectivity index (χ3v) is 3.55. The van der Waals surface area contributed by atoms with E-state index in [0.717, 1.165) is 18.7 Å². The molecule has 2 heterocycles. The Bertz CT molecular complexity index is 662. The van der Waals surface area contributed by atoms with Crippen molar-refractivity contribution in [3.8, 4) is 6.07 Å². The van der Waals surface area contributed by atoms with Gasteiger partial charge in [-0.05, 0) is 5.56 Å². The van der Waals surface area contributed by atoms with Gasteiger partial charge in [-0.1, -0.05) is 30.3 Å². The Labute approximate surface area is 129 Å². The number of morpholine rings is 1. The zero-order valence-corrected chi connectivity index (χ0v) is 12.2. The van der Waals surface area contributed by atoms with Gasteiger partial charge in [0.15, 0.2) is 5.82 Å². The van der Waals surface area contributed by atoms with E-state index in [9.17, 15) is 5.26 Å². The molecule has 1 saturated heterocycles. The number of hydrogen-bond acceptors (Lipinski definition) is 6. The summed E-state index contributed by atoms with van der Waals surface area (Å²) in [5.41, 5.74) is 1.62. The van der Waals surface area contributed by atoms with Gasteiger partial charge in [-0.3, -0.25) is 0 Å². The molecule has 1 aromatic heterocycles. The third kappa shape index (κ3) is 3.15. The summed E-state index contributed by atoms with van der Waals surface area (Å²) in [5, 5.41) is 12.7. The van der Waals surface area contributed by atoms with Crippen LogP contribution < -0.4 is 10.2 Å². The lowest BCUT2D eigenvalue weighted by molar-refractivity contribution is 0.122. The SMILES string of the molecule is N#Cc1c(NCc2ccccc2)ncnc1N1CCOCC1. The predicted octanol–water partition coefficient (Wildman–Crippen LogP) is 1.80. The van der Waals surface area contributed by atoms with E-state index in [-0.39, 0.29) is 0 Å². The number of anilines is 2. The van der Waals surface area contributed by atoms with Crippen molar-refractivity contribution in [2.45, 2.75) is 6.54 Å². The summed E-state index contributed by atoms with van der Waals surface area (Å²) >= 11 is 0. The standard InChI is InChI=1S/C16H17N5O/c17-10-14-15(18-11-13-4-2-1-3-5-13)19-12-20-16(14)21-6-8-22-9-7-21/h1-5,12H,6-9,11H2,(H,18,19,20). The molecule has 0 amide bonds. The van der Waals surface area contributed by atoms with Crippen LogP contribution in [0.1, 0.15) is 11.1 Å². The monoisotopic (exact) mass is 295 g/mol. The second-order valence-corrected chi connectivity index (χ2v) is 4.97. The molecule has 0 spiro atoms. The van der Waals surface area contributed by atoms with Gasteiger partial charge in [0.1, 0.15) is 23.8 Å². The molecule has 0 aliphatic carbocycles. The second-order valence-electron chi connectivity index (χ2n) is 4.97. The first-order chi connectivity index (χ1) is 10.9. The Balaban J connectivity index is 1.80. The molecule has 1 N–H and O–H groups in total. The molecule has 1 aliphatic heterocycles. The number of hydrogen-bond donors (Lipinski definition) is 1. The molecule has 6 nitrogen and oxygen atoms in total. The minimum Gasteiger partial charge on any atom is -0.378 e. The number of benzene rings is 1. The van der Waals surface area contributed by atoms with Crippen LogP contribution in [-0.4, -0.2) is 36.3 Å². The fourth-order valence-electron chi connectivity index (χ4n) is 2.41. The predicted molar refractivity (Wildman–Crippen MR) is 83.5 cm³/mol. The summed E-state index contributed by atoms with van der Waals surface area (Å²) in [6.07, 6.45) is 1.50. The van der Waals surface area contributed by atoms with Crippen LogP contribution in [0.5, 0.6) is 0 Å². The Kier molecular flexibility index (Phi) is 4.47. The van der Waals surface area contributed by atoms with Gasteiger partial charge in [-0.2, -0.15) is 5.26 Å². The van der Waals surface area contributed by atoms with E-state index in [0.29, 0.717) is 37.0 Å². The number of ether oxygens (including phenoxy) is 1. The molecule has 1 fully saturated rings. The molecule has 112 valence electrons. The zero-order valence-electron chi connectivity index (χ0n) is 12.2. The zero-order chi connectivity index (χ0) is 15.2. The second kappa shape index (κ2) is 6.87. The van der Waals surface area contributed by atoms with Crippen LogP contribution >= 0.6 is 0 Å². The maximum atomic E-state index is 9.50. The van der Waals surface area contributed by atoms with Crippen molar-refractivity contribution < 1.29 is 4.74 Å². The maximum Gasteiger partial charge on any atom is 0.152 e. The summed E-state index contributed by atoms with van der Waals surface area (Å²) in [7, 11) is 0. The fourth-order valence-corrected chi connectivity index (χ4v) is 2.41. The lowest BCUT2D eigenvalue weighted by Gasteiger charge is -2.28. The largest absolute Gasteiger partial charge is 0.378 e. The van der Waals surface area contributed by atoms with E-state index >= 15 is 0 Å². The van der Waals surface area contributed by atoms with E-state index in [2.05, 4.69) is 26.3 Å². The molecule has 1 aromatic carbocycles. The van der Waals surface area contributed by atoms with Gasteiger partial charge in [0.2, 0.25) is 0 Å².